The van der Waals surface area contributed by atoms with Gasteiger partial charge in [-0.15, -0.1) is 0 Å². The van der Waals surface area contributed by atoms with E-state index < -0.39 is 0 Å². The Morgan fingerprint density at radius 3 is 2.70 bits per heavy atom. The van der Waals surface area contributed by atoms with Crippen molar-refractivity contribution >= 4 is 21.9 Å². The summed E-state index contributed by atoms with van der Waals surface area (Å²) in [5.74, 6) is 1.65. The Morgan fingerprint density at radius 1 is 1.26 bits per heavy atom. The fourth-order valence-electron chi connectivity index (χ4n) is 2.56. The van der Waals surface area contributed by atoms with Crippen LogP contribution >= 0.6 is 15.9 Å². The summed E-state index contributed by atoms with van der Waals surface area (Å²) in [4.78, 5) is 15.0. The van der Waals surface area contributed by atoms with E-state index in [1.165, 1.54) is 0 Å². The SMILES string of the molecule is N#Cc1cccnc1OCC1CCN(c2ncc(Br)cn2)CC1. The molecule has 0 aromatic carbocycles. The molecule has 23 heavy (non-hydrogen) atoms. The van der Waals surface area contributed by atoms with E-state index in [0.717, 1.165) is 36.4 Å². The zero-order valence-corrected chi connectivity index (χ0v) is 14.1. The van der Waals surface area contributed by atoms with Gasteiger partial charge in [0.1, 0.15) is 11.6 Å². The van der Waals surface area contributed by atoms with Crippen LogP contribution in [0.2, 0.25) is 0 Å². The summed E-state index contributed by atoms with van der Waals surface area (Å²) in [6, 6.07) is 5.56. The minimum atomic E-state index is 0.425. The molecule has 1 fully saturated rings. The van der Waals surface area contributed by atoms with E-state index in [4.69, 9.17) is 10.00 Å². The second-order valence-electron chi connectivity index (χ2n) is 5.41. The molecule has 0 aliphatic carbocycles. The zero-order chi connectivity index (χ0) is 16.1. The molecule has 0 bridgehead atoms. The highest BCUT2D eigenvalue weighted by Crippen LogP contribution is 2.22. The van der Waals surface area contributed by atoms with Crippen molar-refractivity contribution in [2.24, 2.45) is 5.92 Å². The van der Waals surface area contributed by atoms with E-state index in [0.29, 0.717) is 24.0 Å². The number of anilines is 1. The van der Waals surface area contributed by atoms with Crippen molar-refractivity contribution in [3.05, 3.63) is 40.8 Å². The summed E-state index contributed by atoms with van der Waals surface area (Å²) in [5, 5.41) is 9.04. The van der Waals surface area contributed by atoms with Crippen LogP contribution in [-0.2, 0) is 0 Å². The molecule has 0 spiro atoms. The maximum Gasteiger partial charge on any atom is 0.231 e. The molecule has 118 valence electrons. The molecule has 2 aromatic rings. The normalized spacial score (nSPS) is 15.2. The minimum Gasteiger partial charge on any atom is -0.476 e. The van der Waals surface area contributed by atoms with Gasteiger partial charge in [-0.1, -0.05) is 0 Å². The second kappa shape index (κ2) is 7.38. The number of halogens is 1. The van der Waals surface area contributed by atoms with Gasteiger partial charge in [-0.25, -0.2) is 15.0 Å². The molecule has 6 nitrogen and oxygen atoms in total. The maximum atomic E-state index is 9.04. The van der Waals surface area contributed by atoms with Crippen molar-refractivity contribution < 1.29 is 4.74 Å². The molecular formula is C16H16BrN5O. The molecule has 3 heterocycles. The summed E-state index contributed by atoms with van der Waals surface area (Å²) >= 11 is 3.34. The summed E-state index contributed by atoms with van der Waals surface area (Å²) in [5.41, 5.74) is 0.480. The predicted octanol–water partition coefficient (Wildman–Crippen LogP) is 2.80. The fraction of sp³-hybridized carbons (Fsp3) is 0.375. The largest absolute Gasteiger partial charge is 0.476 e. The Kier molecular flexibility index (Phi) is 5.03. The van der Waals surface area contributed by atoms with Crippen LogP contribution in [0.15, 0.2) is 35.2 Å². The van der Waals surface area contributed by atoms with Gasteiger partial charge < -0.3 is 9.64 Å². The lowest BCUT2D eigenvalue weighted by Crippen LogP contribution is -2.36. The van der Waals surface area contributed by atoms with Gasteiger partial charge in [-0.05, 0) is 46.8 Å². The topological polar surface area (TPSA) is 74.9 Å². The highest BCUT2D eigenvalue weighted by Gasteiger charge is 2.21. The average Bonchev–Trinajstić information content (AvgIpc) is 2.61. The zero-order valence-electron chi connectivity index (χ0n) is 12.5. The molecule has 0 unspecified atom stereocenters. The van der Waals surface area contributed by atoms with Gasteiger partial charge in [0, 0.05) is 31.7 Å². The monoisotopic (exact) mass is 373 g/mol. The number of hydrogen-bond donors (Lipinski definition) is 0. The van der Waals surface area contributed by atoms with Gasteiger partial charge in [0.25, 0.3) is 0 Å². The van der Waals surface area contributed by atoms with Crippen molar-refractivity contribution in [3.8, 4) is 11.9 Å². The molecule has 0 amide bonds. The van der Waals surface area contributed by atoms with Crippen LogP contribution < -0.4 is 9.64 Å². The lowest BCUT2D eigenvalue weighted by Gasteiger charge is -2.31. The molecule has 0 atom stereocenters. The Bertz CT molecular complexity index is 692. The van der Waals surface area contributed by atoms with Crippen molar-refractivity contribution in [3.63, 3.8) is 0 Å². The lowest BCUT2D eigenvalue weighted by atomic mass is 9.98. The molecule has 1 aliphatic heterocycles. The van der Waals surface area contributed by atoms with E-state index in [1.54, 1.807) is 30.7 Å². The van der Waals surface area contributed by atoms with Crippen LogP contribution in [0, 0.1) is 17.2 Å². The van der Waals surface area contributed by atoms with Crippen LogP contribution in [0.5, 0.6) is 5.88 Å². The summed E-state index contributed by atoms with van der Waals surface area (Å²) in [6.45, 7) is 2.40. The summed E-state index contributed by atoms with van der Waals surface area (Å²) in [6.07, 6.45) is 7.19. The quantitative estimate of drug-likeness (QED) is 0.819. The summed E-state index contributed by atoms with van der Waals surface area (Å²) < 4.78 is 6.62. The van der Waals surface area contributed by atoms with Crippen LogP contribution in [-0.4, -0.2) is 34.6 Å². The minimum absolute atomic E-state index is 0.425. The Balaban J connectivity index is 1.51. The predicted molar refractivity (Wildman–Crippen MR) is 89.1 cm³/mol. The van der Waals surface area contributed by atoms with Crippen molar-refractivity contribution in [2.45, 2.75) is 12.8 Å². The number of pyridine rings is 1. The van der Waals surface area contributed by atoms with Gasteiger partial charge in [0.05, 0.1) is 11.1 Å². The number of nitriles is 1. The maximum absolute atomic E-state index is 9.04. The first kappa shape index (κ1) is 15.7. The van der Waals surface area contributed by atoms with Gasteiger partial charge in [-0.2, -0.15) is 5.26 Å². The molecular weight excluding hydrogens is 358 g/mol. The Labute approximate surface area is 143 Å². The van der Waals surface area contributed by atoms with Crippen LogP contribution in [0.3, 0.4) is 0 Å². The van der Waals surface area contributed by atoms with E-state index in [1.807, 2.05) is 0 Å². The molecule has 0 saturated carbocycles. The second-order valence-corrected chi connectivity index (χ2v) is 6.33. The number of aromatic nitrogens is 3. The number of hydrogen-bond acceptors (Lipinski definition) is 6. The van der Waals surface area contributed by atoms with E-state index in [2.05, 4.69) is 41.9 Å². The van der Waals surface area contributed by atoms with Gasteiger partial charge in [-0.3, -0.25) is 0 Å². The third-order valence-electron chi connectivity index (χ3n) is 3.85. The van der Waals surface area contributed by atoms with Crippen molar-refractivity contribution in [1.82, 2.24) is 15.0 Å². The van der Waals surface area contributed by atoms with Gasteiger partial charge >= 0.3 is 0 Å². The highest BCUT2D eigenvalue weighted by atomic mass is 79.9. The smallest absolute Gasteiger partial charge is 0.231 e. The van der Waals surface area contributed by atoms with Crippen LogP contribution in [0.1, 0.15) is 18.4 Å². The number of rotatable bonds is 4. The average molecular weight is 374 g/mol. The Hall–Kier alpha value is -2.20. The molecule has 0 radical (unpaired) electrons. The van der Waals surface area contributed by atoms with Crippen LogP contribution in [0.25, 0.3) is 0 Å². The number of nitrogens with zero attached hydrogens (tertiary/aromatic N) is 5. The summed E-state index contributed by atoms with van der Waals surface area (Å²) in [7, 11) is 0. The molecule has 2 aromatic heterocycles. The lowest BCUT2D eigenvalue weighted by molar-refractivity contribution is 0.215. The first-order chi connectivity index (χ1) is 11.3. The van der Waals surface area contributed by atoms with Gasteiger partial charge in [0.2, 0.25) is 11.8 Å². The fourth-order valence-corrected chi connectivity index (χ4v) is 2.76. The molecule has 1 aliphatic rings. The first-order valence-electron chi connectivity index (χ1n) is 7.46. The van der Waals surface area contributed by atoms with Crippen molar-refractivity contribution in [1.29, 1.82) is 5.26 Å². The molecule has 1 saturated heterocycles. The third-order valence-corrected chi connectivity index (χ3v) is 4.26. The number of piperidine rings is 1. The molecule has 3 rings (SSSR count). The van der Waals surface area contributed by atoms with Gasteiger partial charge in [0.15, 0.2) is 0 Å². The Morgan fingerprint density at radius 2 is 2.00 bits per heavy atom. The first-order valence-corrected chi connectivity index (χ1v) is 8.26. The standard InChI is InChI=1S/C16H16BrN5O/c17-14-9-20-16(21-10-14)22-6-3-12(4-7-22)11-23-15-13(8-18)2-1-5-19-15/h1-2,5,9-10,12H,3-4,6-7,11H2. The molecule has 7 heteroatoms. The van der Waals surface area contributed by atoms with Crippen molar-refractivity contribution in [2.75, 3.05) is 24.6 Å². The van der Waals surface area contributed by atoms with Crippen LogP contribution in [0.4, 0.5) is 5.95 Å². The van der Waals surface area contributed by atoms with E-state index in [-0.39, 0.29) is 0 Å². The highest BCUT2D eigenvalue weighted by molar-refractivity contribution is 9.10. The van der Waals surface area contributed by atoms with E-state index >= 15 is 0 Å². The number of ether oxygens (including phenoxy) is 1. The van der Waals surface area contributed by atoms with E-state index in [9.17, 15) is 0 Å². The third kappa shape index (κ3) is 3.96. The molecule has 0 N–H and O–H groups in total.